The van der Waals surface area contributed by atoms with E-state index in [1.165, 1.54) is 6.08 Å². The van der Waals surface area contributed by atoms with Gasteiger partial charge in [0, 0.05) is 23.4 Å². The largest absolute Gasteiger partial charge is 0.497 e. The molecule has 168 valence electrons. The van der Waals surface area contributed by atoms with Crippen molar-refractivity contribution in [3.05, 3.63) is 71.9 Å². The number of amides is 1. The molecule has 8 nitrogen and oxygen atoms in total. The number of benzene rings is 2. The third kappa shape index (κ3) is 5.13. The molecule has 0 aliphatic carbocycles. The second-order valence-corrected chi connectivity index (χ2v) is 9.92. The maximum absolute atomic E-state index is 12.7. The lowest BCUT2D eigenvalue weighted by Crippen LogP contribution is -2.36. The maximum atomic E-state index is 12.7. The van der Waals surface area contributed by atoms with E-state index in [-0.39, 0.29) is 17.1 Å². The minimum atomic E-state index is -3.15. The molecule has 1 aromatic heterocycles. The Labute approximate surface area is 192 Å². The molecule has 0 saturated carbocycles. The van der Waals surface area contributed by atoms with Gasteiger partial charge in [-0.2, -0.15) is 10.4 Å². The minimum absolute atomic E-state index is 0.0351. The fourth-order valence-electron chi connectivity index (χ4n) is 3.68. The number of nitrogens with one attached hydrogen (secondary N) is 1. The van der Waals surface area contributed by atoms with Gasteiger partial charge in [-0.05, 0) is 36.8 Å². The van der Waals surface area contributed by atoms with Crippen LogP contribution in [0.1, 0.15) is 12.0 Å². The minimum Gasteiger partial charge on any atom is -0.497 e. The molecular weight excluding hydrogens is 440 g/mol. The molecule has 33 heavy (non-hydrogen) atoms. The van der Waals surface area contributed by atoms with E-state index in [4.69, 9.17) is 9.84 Å². The predicted octanol–water partition coefficient (Wildman–Crippen LogP) is 2.76. The van der Waals surface area contributed by atoms with Gasteiger partial charge in [0.2, 0.25) is 0 Å². The molecule has 1 atom stereocenters. The number of carbonyl (C=O) groups excluding carboxylic acids is 1. The van der Waals surface area contributed by atoms with Crippen LogP contribution in [0, 0.1) is 11.3 Å². The highest BCUT2D eigenvalue weighted by molar-refractivity contribution is 7.91. The van der Waals surface area contributed by atoms with Gasteiger partial charge in [0.15, 0.2) is 9.84 Å². The lowest BCUT2D eigenvalue weighted by molar-refractivity contribution is -0.117. The van der Waals surface area contributed by atoms with Crippen molar-refractivity contribution >= 4 is 21.8 Å². The zero-order valence-corrected chi connectivity index (χ0v) is 18.7. The number of rotatable bonds is 6. The molecule has 4 rings (SSSR count). The number of nitriles is 1. The molecule has 1 amide bonds. The summed E-state index contributed by atoms with van der Waals surface area (Å²) >= 11 is 0. The zero-order valence-electron chi connectivity index (χ0n) is 17.9. The van der Waals surface area contributed by atoms with Gasteiger partial charge in [-0.15, -0.1) is 0 Å². The Morgan fingerprint density at radius 2 is 2.03 bits per heavy atom. The van der Waals surface area contributed by atoms with Crippen LogP contribution in [-0.2, 0) is 14.6 Å². The topological polar surface area (TPSA) is 114 Å². The van der Waals surface area contributed by atoms with Crippen molar-refractivity contribution in [2.75, 3.05) is 18.6 Å². The van der Waals surface area contributed by atoms with Crippen molar-refractivity contribution in [2.45, 2.75) is 12.5 Å². The summed E-state index contributed by atoms with van der Waals surface area (Å²) in [6, 6.07) is 18.3. The van der Waals surface area contributed by atoms with Crippen LogP contribution in [0.5, 0.6) is 5.75 Å². The lowest BCUT2D eigenvalue weighted by Gasteiger charge is -2.10. The Morgan fingerprint density at radius 1 is 1.24 bits per heavy atom. The first-order valence-corrected chi connectivity index (χ1v) is 12.1. The molecule has 3 aromatic rings. The average molecular weight is 463 g/mol. The number of ether oxygens (including phenoxy) is 1. The summed E-state index contributed by atoms with van der Waals surface area (Å²) < 4.78 is 30.4. The van der Waals surface area contributed by atoms with Crippen molar-refractivity contribution < 1.29 is 17.9 Å². The maximum Gasteiger partial charge on any atom is 0.262 e. The lowest BCUT2D eigenvalue weighted by atomic mass is 10.1. The normalized spacial score (nSPS) is 17.3. The van der Waals surface area contributed by atoms with Gasteiger partial charge in [0.25, 0.3) is 5.91 Å². The number of methoxy groups -OCH3 is 1. The van der Waals surface area contributed by atoms with Gasteiger partial charge >= 0.3 is 0 Å². The van der Waals surface area contributed by atoms with Crippen LogP contribution in [-0.4, -0.2) is 48.8 Å². The molecule has 1 aliphatic heterocycles. The van der Waals surface area contributed by atoms with E-state index >= 15 is 0 Å². The van der Waals surface area contributed by atoms with E-state index in [1.54, 1.807) is 18.0 Å². The van der Waals surface area contributed by atoms with Crippen LogP contribution in [0.3, 0.4) is 0 Å². The highest BCUT2D eigenvalue weighted by atomic mass is 32.2. The predicted molar refractivity (Wildman–Crippen MR) is 124 cm³/mol. The summed E-state index contributed by atoms with van der Waals surface area (Å²) in [5, 5.41) is 17.0. The first-order chi connectivity index (χ1) is 15.9. The second-order valence-electron chi connectivity index (χ2n) is 7.69. The van der Waals surface area contributed by atoms with Gasteiger partial charge < -0.3 is 10.1 Å². The van der Waals surface area contributed by atoms with Crippen molar-refractivity contribution in [1.82, 2.24) is 15.1 Å². The Balaban J connectivity index is 1.72. The molecule has 9 heteroatoms. The van der Waals surface area contributed by atoms with Crippen molar-refractivity contribution in [3.63, 3.8) is 0 Å². The Kier molecular flexibility index (Phi) is 6.29. The molecule has 2 aromatic carbocycles. The van der Waals surface area contributed by atoms with Gasteiger partial charge in [-0.1, -0.05) is 30.3 Å². The number of sulfone groups is 1. The quantitative estimate of drug-likeness (QED) is 0.445. The molecule has 0 spiro atoms. The van der Waals surface area contributed by atoms with Crippen molar-refractivity contribution in [3.8, 4) is 28.8 Å². The van der Waals surface area contributed by atoms with Gasteiger partial charge in [0.05, 0.1) is 24.3 Å². The third-order valence-electron chi connectivity index (χ3n) is 5.34. The fourth-order valence-corrected chi connectivity index (χ4v) is 5.35. The number of hydrogen-bond donors (Lipinski definition) is 1. The van der Waals surface area contributed by atoms with Gasteiger partial charge in [-0.25, -0.2) is 13.1 Å². The molecular formula is C24H22N4O4S. The number of carbonyl (C=O) groups is 1. The number of para-hydroxylation sites is 1. The average Bonchev–Trinajstić information content (AvgIpc) is 3.40. The van der Waals surface area contributed by atoms with Crippen LogP contribution in [0.4, 0.5) is 0 Å². The first kappa shape index (κ1) is 22.3. The zero-order chi connectivity index (χ0) is 23.4. The van der Waals surface area contributed by atoms with Crippen LogP contribution in [0.15, 0.2) is 66.4 Å². The molecule has 0 radical (unpaired) electrons. The molecule has 0 bridgehead atoms. The molecule has 1 N–H and O–H groups in total. The summed E-state index contributed by atoms with van der Waals surface area (Å²) in [6.45, 7) is 0. The van der Waals surface area contributed by atoms with E-state index in [2.05, 4.69) is 5.32 Å². The molecule has 1 saturated heterocycles. The van der Waals surface area contributed by atoms with Crippen molar-refractivity contribution in [2.24, 2.45) is 0 Å². The van der Waals surface area contributed by atoms with Crippen molar-refractivity contribution in [1.29, 1.82) is 5.26 Å². The smallest absolute Gasteiger partial charge is 0.262 e. The van der Waals surface area contributed by atoms with Crippen LogP contribution in [0.25, 0.3) is 23.0 Å². The SMILES string of the molecule is COc1cccc(-c2nn(-c3ccccc3)cc2/C=C(/C#N)C(=O)N[C@@H]2CCS(=O)(=O)C2)c1. The van der Waals surface area contributed by atoms with E-state index in [0.717, 1.165) is 11.3 Å². The highest BCUT2D eigenvalue weighted by Gasteiger charge is 2.29. The van der Waals surface area contributed by atoms with E-state index < -0.39 is 21.8 Å². The van der Waals surface area contributed by atoms with Crippen LogP contribution < -0.4 is 10.1 Å². The van der Waals surface area contributed by atoms with E-state index in [1.807, 2.05) is 60.7 Å². The number of aromatic nitrogens is 2. The monoisotopic (exact) mass is 462 g/mol. The molecule has 2 heterocycles. The molecule has 1 aliphatic rings. The fraction of sp³-hybridized carbons (Fsp3) is 0.208. The summed E-state index contributed by atoms with van der Waals surface area (Å²) in [4.78, 5) is 12.7. The summed E-state index contributed by atoms with van der Waals surface area (Å²) in [5.41, 5.74) is 2.59. The third-order valence-corrected chi connectivity index (χ3v) is 7.11. The van der Waals surface area contributed by atoms with E-state index in [0.29, 0.717) is 23.4 Å². The Hall–Kier alpha value is -3.90. The molecule has 0 unspecified atom stereocenters. The van der Waals surface area contributed by atoms with Crippen LogP contribution >= 0.6 is 0 Å². The van der Waals surface area contributed by atoms with E-state index in [9.17, 15) is 18.5 Å². The first-order valence-electron chi connectivity index (χ1n) is 10.3. The van der Waals surface area contributed by atoms with Gasteiger partial charge in [0.1, 0.15) is 23.1 Å². The Bertz CT molecular complexity index is 1350. The summed E-state index contributed by atoms with van der Waals surface area (Å²) in [5.74, 6) is -0.0349. The summed E-state index contributed by atoms with van der Waals surface area (Å²) in [6.07, 6.45) is 3.56. The Morgan fingerprint density at radius 3 is 2.70 bits per heavy atom. The second kappa shape index (κ2) is 9.30. The number of hydrogen-bond acceptors (Lipinski definition) is 6. The van der Waals surface area contributed by atoms with Gasteiger partial charge in [-0.3, -0.25) is 4.79 Å². The highest BCUT2D eigenvalue weighted by Crippen LogP contribution is 2.28. The summed E-state index contributed by atoms with van der Waals surface area (Å²) in [7, 11) is -1.58. The van der Waals surface area contributed by atoms with Crippen LogP contribution in [0.2, 0.25) is 0 Å². The number of nitrogens with zero attached hydrogens (tertiary/aromatic N) is 3. The molecule has 1 fully saturated rings. The standard InChI is InChI=1S/C24H22N4O4S/c1-32-22-9-5-6-17(13-22)23-19(15-28(27-23)21-7-3-2-4-8-21)12-18(14-25)24(29)26-20-10-11-33(30,31)16-20/h2-9,12-13,15,20H,10-11,16H2,1H3,(H,26,29)/b18-12-/t20-/m1/s1.